The molecule has 0 unspecified atom stereocenters. The molecule has 2 heterocycles. The zero-order valence-corrected chi connectivity index (χ0v) is 16.7. The predicted molar refractivity (Wildman–Crippen MR) is 109 cm³/mol. The van der Waals surface area contributed by atoms with Crippen LogP contribution in [-0.4, -0.2) is 35.4 Å². The first kappa shape index (κ1) is 22.2. The standard InChI is InChI=1S/C17H11B2ClF3N5O3/c18-16(19,11-1-2-12(29)27-26-11)28-7-25-14(17(21,22)23)13(15(28)30)31-10-4-8(6-24)3-9(20)5-10/h1-5,7H,18-19H2,(H,27,29). The Kier molecular flexibility index (Phi) is 5.69. The Bertz CT molecular complexity index is 1300. The average Bonchev–Trinajstić information content (AvgIpc) is 2.68. The number of nitriles is 1. The van der Waals surface area contributed by atoms with Crippen molar-refractivity contribution in [1.29, 1.82) is 5.26 Å². The second kappa shape index (κ2) is 7.96. The zero-order valence-electron chi connectivity index (χ0n) is 16.0. The highest BCUT2D eigenvalue weighted by molar-refractivity contribution is 6.39. The number of hydrogen-bond donors (Lipinski definition) is 1. The van der Waals surface area contributed by atoms with E-state index in [-0.39, 0.29) is 22.0 Å². The number of hydrogen-bond acceptors (Lipinski definition) is 6. The molecule has 1 aromatic carbocycles. The summed E-state index contributed by atoms with van der Waals surface area (Å²) in [5, 5.41) is 13.8. The molecule has 0 spiro atoms. The van der Waals surface area contributed by atoms with Gasteiger partial charge in [-0.3, -0.25) is 9.59 Å². The van der Waals surface area contributed by atoms with Crippen molar-refractivity contribution in [1.82, 2.24) is 19.7 Å². The molecule has 1 N–H and O–H groups in total. The van der Waals surface area contributed by atoms with Gasteiger partial charge in [-0.15, -0.1) is 0 Å². The van der Waals surface area contributed by atoms with Gasteiger partial charge in [-0.1, -0.05) is 11.6 Å². The Morgan fingerprint density at radius 3 is 2.48 bits per heavy atom. The quantitative estimate of drug-likeness (QED) is 0.586. The van der Waals surface area contributed by atoms with Gasteiger partial charge >= 0.3 is 6.18 Å². The van der Waals surface area contributed by atoms with E-state index < -0.39 is 34.1 Å². The molecule has 156 valence electrons. The highest BCUT2D eigenvalue weighted by Gasteiger charge is 2.40. The van der Waals surface area contributed by atoms with Crippen molar-refractivity contribution >= 4 is 27.3 Å². The van der Waals surface area contributed by atoms with Crippen molar-refractivity contribution in [3.63, 3.8) is 0 Å². The summed E-state index contributed by atoms with van der Waals surface area (Å²) in [5.74, 6) is -1.34. The van der Waals surface area contributed by atoms with E-state index in [1.54, 1.807) is 6.07 Å². The van der Waals surface area contributed by atoms with Crippen LogP contribution in [0.1, 0.15) is 17.0 Å². The maximum atomic E-state index is 13.5. The van der Waals surface area contributed by atoms with Crippen LogP contribution in [0.15, 0.2) is 46.2 Å². The first-order valence-corrected chi connectivity index (χ1v) is 8.95. The molecule has 0 aliphatic rings. The van der Waals surface area contributed by atoms with Crippen LogP contribution in [0.5, 0.6) is 11.5 Å². The van der Waals surface area contributed by atoms with E-state index in [1.165, 1.54) is 33.9 Å². The minimum absolute atomic E-state index is 0.0260. The molecule has 0 fully saturated rings. The number of halogens is 4. The first-order chi connectivity index (χ1) is 14.4. The van der Waals surface area contributed by atoms with Gasteiger partial charge in [0.25, 0.3) is 11.1 Å². The summed E-state index contributed by atoms with van der Waals surface area (Å²) in [7, 11) is 3.00. The highest BCUT2D eigenvalue weighted by atomic mass is 35.5. The van der Waals surface area contributed by atoms with Crippen molar-refractivity contribution in [2.75, 3.05) is 0 Å². The molecule has 0 atom stereocenters. The molecule has 2 aromatic heterocycles. The molecule has 3 rings (SSSR count). The van der Waals surface area contributed by atoms with Crippen LogP contribution in [-0.2, 0) is 11.5 Å². The van der Waals surface area contributed by atoms with Crippen LogP contribution in [0.4, 0.5) is 13.2 Å². The fraction of sp³-hybridized carbons (Fsp3) is 0.118. The van der Waals surface area contributed by atoms with Crippen molar-refractivity contribution in [3.8, 4) is 17.6 Å². The number of rotatable bonds is 4. The number of nitrogens with one attached hydrogen (secondary N) is 1. The number of benzene rings is 1. The van der Waals surface area contributed by atoms with Crippen LogP contribution < -0.4 is 15.9 Å². The van der Waals surface area contributed by atoms with Gasteiger partial charge in [0.1, 0.15) is 21.4 Å². The molecule has 0 aliphatic carbocycles. The molecule has 0 radical (unpaired) electrons. The van der Waals surface area contributed by atoms with Gasteiger partial charge < -0.3 is 9.30 Å². The smallest absolute Gasteiger partial charge is 0.437 e. The molecule has 0 aliphatic heterocycles. The highest BCUT2D eigenvalue weighted by Crippen LogP contribution is 2.35. The summed E-state index contributed by atoms with van der Waals surface area (Å²) < 4.78 is 46.7. The van der Waals surface area contributed by atoms with Crippen molar-refractivity contribution in [2.24, 2.45) is 0 Å². The van der Waals surface area contributed by atoms with Gasteiger partial charge in [-0.25, -0.2) is 10.1 Å². The Morgan fingerprint density at radius 1 is 1.19 bits per heavy atom. The maximum Gasteiger partial charge on any atom is 0.437 e. The van der Waals surface area contributed by atoms with Gasteiger partial charge in [-0.2, -0.15) is 23.5 Å². The van der Waals surface area contributed by atoms with E-state index in [4.69, 9.17) is 21.6 Å². The lowest BCUT2D eigenvalue weighted by molar-refractivity contribution is -0.142. The molecule has 0 saturated carbocycles. The summed E-state index contributed by atoms with van der Waals surface area (Å²) in [6.45, 7) is 0. The van der Waals surface area contributed by atoms with Crippen molar-refractivity contribution in [3.05, 3.63) is 79.3 Å². The molecule has 3 aromatic rings. The minimum atomic E-state index is -5.00. The fourth-order valence-electron chi connectivity index (χ4n) is 2.74. The number of aromatic nitrogens is 4. The molecule has 0 amide bonds. The Labute approximate surface area is 179 Å². The second-order valence-electron chi connectivity index (χ2n) is 6.85. The first-order valence-electron chi connectivity index (χ1n) is 8.57. The summed E-state index contributed by atoms with van der Waals surface area (Å²) in [6.07, 6.45) is -4.27. The van der Waals surface area contributed by atoms with Crippen molar-refractivity contribution < 1.29 is 17.9 Å². The van der Waals surface area contributed by atoms with Crippen LogP contribution in [0.3, 0.4) is 0 Å². The van der Waals surface area contributed by atoms with E-state index in [9.17, 15) is 22.8 Å². The zero-order chi connectivity index (χ0) is 23.0. The van der Waals surface area contributed by atoms with Gasteiger partial charge in [0.15, 0.2) is 5.69 Å². The Balaban J connectivity index is 2.21. The van der Waals surface area contributed by atoms with Gasteiger partial charge in [0.05, 0.1) is 23.7 Å². The lowest BCUT2D eigenvalue weighted by atomic mass is 9.59. The van der Waals surface area contributed by atoms with E-state index in [0.29, 0.717) is 0 Å². The van der Waals surface area contributed by atoms with E-state index >= 15 is 0 Å². The lowest BCUT2D eigenvalue weighted by Gasteiger charge is -2.27. The second-order valence-corrected chi connectivity index (χ2v) is 7.29. The third-order valence-electron chi connectivity index (χ3n) is 4.33. The SMILES string of the molecule is BC(B)(c1ccc(=O)[nH]n1)n1cnc(C(F)(F)F)c(Oc2cc(Cl)cc(C#N)c2)c1=O. The molecule has 31 heavy (non-hydrogen) atoms. The molecular weight excluding hydrogens is 436 g/mol. The number of ether oxygens (including phenoxy) is 1. The van der Waals surface area contributed by atoms with Gasteiger partial charge in [-0.05, 0) is 24.3 Å². The Hall–Kier alpha value is -3.52. The van der Waals surface area contributed by atoms with Crippen LogP contribution in [0.25, 0.3) is 0 Å². The largest absolute Gasteiger partial charge is 0.449 e. The average molecular weight is 447 g/mol. The monoisotopic (exact) mass is 447 g/mol. The van der Waals surface area contributed by atoms with Gasteiger partial charge in [0.2, 0.25) is 5.75 Å². The molecule has 8 nitrogen and oxygen atoms in total. The summed E-state index contributed by atoms with van der Waals surface area (Å²) in [5.41, 5.74) is -2.97. The van der Waals surface area contributed by atoms with Crippen LogP contribution >= 0.6 is 11.6 Å². The van der Waals surface area contributed by atoms with Crippen LogP contribution in [0.2, 0.25) is 5.02 Å². The molecule has 0 bridgehead atoms. The number of aromatic amines is 1. The molecule has 0 saturated heterocycles. The summed E-state index contributed by atoms with van der Waals surface area (Å²) in [4.78, 5) is 27.7. The number of nitrogens with zero attached hydrogens (tertiary/aromatic N) is 4. The summed E-state index contributed by atoms with van der Waals surface area (Å²) >= 11 is 5.87. The number of alkyl halides is 3. The maximum absolute atomic E-state index is 13.5. The third kappa shape index (κ3) is 4.49. The van der Waals surface area contributed by atoms with Crippen LogP contribution in [0, 0.1) is 11.3 Å². The Morgan fingerprint density at radius 2 is 1.90 bits per heavy atom. The van der Waals surface area contributed by atoms with E-state index in [1.807, 2.05) is 0 Å². The van der Waals surface area contributed by atoms with Crippen molar-refractivity contribution in [2.45, 2.75) is 11.5 Å². The predicted octanol–water partition coefficient (Wildman–Crippen LogP) is 0.588. The van der Waals surface area contributed by atoms with E-state index in [2.05, 4.69) is 15.2 Å². The fourth-order valence-corrected chi connectivity index (χ4v) is 2.97. The number of H-pyrrole nitrogens is 1. The third-order valence-corrected chi connectivity index (χ3v) is 4.55. The van der Waals surface area contributed by atoms with Gasteiger partial charge in [0, 0.05) is 16.4 Å². The topological polar surface area (TPSA) is 114 Å². The van der Waals surface area contributed by atoms with E-state index in [0.717, 1.165) is 23.0 Å². The molecule has 14 heteroatoms. The minimum Gasteiger partial charge on any atom is -0.449 e. The normalized spacial score (nSPS) is 11.7. The lowest BCUT2D eigenvalue weighted by Crippen LogP contribution is -2.45. The molecular formula is C17H11B2ClF3N5O3. The summed E-state index contributed by atoms with van der Waals surface area (Å²) in [6, 6.07) is 7.87.